The summed E-state index contributed by atoms with van der Waals surface area (Å²) in [5, 5.41) is 2.88. The highest BCUT2D eigenvalue weighted by Crippen LogP contribution is 2.37. The van der Waals surface area contributed by atoms with Gasteiger partial charge in [-0.25, -0.2) is 9.18 Å². The van der Waals surface area contributed by atoms with Crippen LogP contribution in [0.4, 0.5) is 20.7 Å². The van der Waals surface area contributed by atoms with E-state index in [2.05, 4.69) is 29.0 Å². The molecule has 286 valence electrons. The van der Waals surface area contributed by atoms with E-state index in [4.69, 9.17) is 23.9 Å². The van der Waals surface area contributed by atoms with Crippen molar-refractivity contribution in [1.29, 1.82) is 0 Å². The van der Waals surface area contributed by atoms with E-state index in [1.54, 1.807) is 21.9 Å². The number of anilines is 2. The number of methoxy groups -OCH3 is 1. The molecule has 2 fully saturated rings. The van der Waals surface area contributed by atoms with Crippen molar-refractivity contribution in [1.82, 2.24) is 19.7 Å². The molecule has 1 aromatic carbocycles. The standard InChI is InChI=1S/C38H55FN6O7/c1-24-17-42(31(18-43-25(2)21-50-22-26(43)3)19-44(24)37(48)52-38(5,6)7)20-34(47)45-27(4)23-51-36-32(45)16-29(15-28-9-11-30(39)12-10-28)35(41-36)40-33(46)13-14-49-8/h9-12,16,24-27,31H,13-15,17-23H2,1-8H3,(H,40,41,46)/t24-,25-,26-,27+,31+/m1/s1. The van der Waals surface area contributed by atoms with Gasteiger partial charge in [-0.15, -0.1) is 0 Å². The van der Waals surface area contributed by atoms with E-state index >= 15 is 0 Å². The minimum Gasteiger partial charge on any atom is -0.474 e. The molecule has 0 unspecified atom stereocenters. The second kappa shape index (κ2) is 16.9. The molecule has 3 aliphatic rings. The summed E-state index contributed by atoms with van der Waals surface area (Å²) in [6.07, 6.45) is 0.106. The van der Waals surface area contributed by atoms with Crippen molar-refractivity contribution in [3.63, 3.8) is 0 Å². The summed E-state index contributed by atoms with van der Waals surface area (Å²) < 4.78 is 36.5. The van der Waals surface area contributed by atoms with Crippen LogP contribution in [0.2, 0.25) is 0 Å². The molecule has 0 spiro atoms. The number of pyridine rings is 1. The van der Waals surface area contributed by atoms with Crippen LogP contribution in [-0.4, -0.2) is 133 Å². The third kappa shape index (κ3) is 9.77. The van der Waals surface area contributed by atoms with Crippen molar-refractivity contribution in [3.05, 3.63) is 47.3 Å². The van der Waals surface area contributed by atoms with E-state index in [1.807, 2.05) is 40.7 Å². The Balaban J connectivity index is 1.44. The molecule has 0 saturated carbocycles. The van der Waals surface area contributed by atoms with Crippen molar-refractivity contribution in [2.45, 2.75) is 97.1 Å². The van der Waals surface area contributed by atoms with Gasteiger partial charge < -0.3 is 34.1 Å². The number of nitrogens with zero attached hydrogens (tertiary/aromatic N) is 5. The topological polar surface area (TPSA) is 126 Å². The lowest BCUT2D eigenvalue weighted by Gasteiger charge is -2.49. The summed E-state index contributed by atoms with van der Waals surface area (Å²) in [5.74, 6) is -0.202. The summed E-state index contributed by atoms with van der Waals surface area (Å²) in [4.78, 5) is 53.5. The van der Waals surface area contributed by atoms with Gasteiger partial charge in [0.2, 0.25) is 17.7 Å². The van der Waals surface area contributed by atoms with Crippen LogP contribution in [0.15, 0.2) is 30.3 Å². The number of ether oxygens (including phenoxy) is 4. The summed E-state index contributed by atoms with van der Waals surface area (Å²) >= 11 is 0. The highest BCUT2D eigenvalue weighted by atomic mass is 19.1. The quantitative estimate of drug-likeness (QED) is 0.379. The summed E-state index contributed by atoms with van der Waals surface area (Å²) in [6.45, 7) is 17.1. The van der Waals surface area contributed by atoms with Gasteiger partial charge >= 0.3 is 6.09 Å². The summed E-state index contributed by atoms with van der Waals surface area (Å²) in [7, 11) is 1.53. The Morgan fingerprint density at radius 3 is 2.33 bits per heavy atom. The molecular weight excluding hydrogens is 671 g/mol. The number of rotatable bonds is 10. The van der Waals surface area contributed by atoms with Crippen LogP contribution in [0, 0.1) is 5.82 Å². The number of benzene rings is 1. The van der Waals surface area contributed by atoms with E-state index in [0.29, 0.717) is 56.3 Å². The molecule has 13 nitrogen and oxygen atoms in total. The third-order valence-electron chi connectivity index (χ3n) is 9.77. The molecule has 3 amide bonds. The Morgan fingerprint density at radius 2 is 1.67 bits per heavy atom. The van der Waals surface area contributed by atoms with Crippen molar-refractivity contribution in [2.24, 2.45) is 0 Å². The largest absolute Gasteiger partial charge is 0.474 e. The molecule has 2 aromatic rings. The van der Waals surface area contributed by atoms with Gasteiger partial charge in [0.1, 0.15) is 29.5 Å². The molecule has 0 aliphatic carbocycles. The second-order valence-corrected chi connectivity index (χ2v) is 15.3. The van der Waals surface area contributed by atoms with Crippen LogP contribution < -0.4 is 15.0 Å². The SMILES string of the molecule is COCCC(=O)Nc1nc2c(cc1Cc1ccc(F)cc1)N(C(=O)CN1C[C@@H](C)N(C(=O)OC(C)(C)C)C[C@@H]1CN1[C@H](C)COC[C@H]1C)[C@@H](C)CO2. The van der Waals surface area contributed by atoms with Crippen LogP contribution in [0.1, 0.15) is 66.0 Å². The monoisotopic (exact) mass is 726 g/mol. The molecule has 0 bridgehead atoms. The number of fused-ring (bicyclic) bond motifs is 1. The zero-order chi connectivity index (χ0) is 37.7. The van der Waals surface area contributed by atoms with Crippen LogP contribution in [0.25, 0.3) is 0 Å². The summed E-state index contributed by atoms with van der Waals surface area (Å²) in [5.41, 5.74) is 1.33. The number of aromatic nitrogens is 1. The molecule has 3 aliphatic heterocycles. The lowest BCUT2D eigenvalue weighted by atomic mass is 10.0. The number of carbonyl (C=O) groups is 3. The molecular formula is C38H55FN6O7. The van der Waals surface area contributed by atoms with E-state index in [1.165, 1.54) is 19.2 Å². The highest BCUT2D eigenvalue weighted by molar-refractivity contribution is 5.98. The molecule has 0 radical (unpaired) electrons. The van der Waals surface area contributed by atoms with E-state index < -0.39 is 5.60 Å². The van der Waals surface area contributed by atoms with Crippen LogP contribution >= 0.6 is 0 Å². The van der Waals surface area contributed by atoms with Gasteiger partial charge in [-0.3, -0.25) is 19.4 Å². The number of nitrogens with one attached hydrogen (secondary N) is 1. The zero-order valence-electron chi connectivity index (χ0n) is 31.8. The summed E-state index contributed by atoms with van der Waals surface area (Å²) in [6, 6.07) is 7.68. The number of carbonyl (C=O) groups excluding carboxylic acids is 3. The van der Waals surface area contributed by atoms with Crippen molar-refractivity contribution in [3.8, 4) is 5.88 Å². The van der Waals surface area contributed by atoms with Crippen molar-refractivity contribution < 1.29 is 37.7 Å². The number of piperazine rings is 1. The Hall–Kier alpha value is -3.85. The van der Waals surface area contributed by atoms with Crippen LogP contribution in [0.5, 0.6) is 5.88 Å². The van der Waals surface area contributed by atoms with Crippen LogP contribution in [0.3, 0.4) is 0 Å². The molecule has 4 heterocycles. The minimum absolute atomic E-state index is 0.108. The average molecular weight is 727 g/mol. The van der Waals surface area contributed by atoms with Gasteiger partial charge in [0.15, 0.2) is 0 Å². The maximum Gasteiger partial charge on any atom is 0.410 e. The normalized spacial score (nSPS) is 24.2. The highest BCUT2D eigenvalue weighted by Gasteiger charge is 2.41. The van der Waals surface area contributed by atoms with Gasteiger partial charge in [0.25, 0.3) is 0 Å². The molecule has 1 N–H and O–H groups in total. The smallest absolute Gasteiger partial charge is 0.410 e. The maximum atomic E-state index is 14.5. The minimum atomic E-state index is -0.636. The van der Waals surface area contributed by atoms with Gasteiger partial charge in [0, 0.05) is 62.9 Å². The number of amides is 3. The fourth-order valence-electron chi connectivity index (χ4n) is 7.09. The lowest BCUT2D eigenvalue weighted by molar-refractivity contribution is -0.123. The van der Waals surface area contributed by atoms with Gasteiger partial charge in [-0.05, 0) is 72.2 Å². The fourth-order valence-corrected chi connectivity index (χ4v) is 7.09. The predicted molar refractivity (Wildman–Crippen MR) is 195 cm³/mol. The molecule has 5 atom stereocenters. The fraction of sp³-hybridized carbons (Fsp3) is 0.632. The first-order valence-electron chi connectivity index (χ1n) is 18.2. The number of hydrogen-bond acceptors (Lipinski definition) is 10. The Morgan fingerprint density at radius 1 is 0.981 bits per heavy atom. The number of halogens is 1. The first-order valence-corrected chi connectivity index (χ1v) is 18.2. The first kappa shape index (κ1) is 39.4. The van der Waals surface area contributed by atoms with E-state index in [0.717, 1.165) is 5.56 Å². The van der Waals surface area contributed by atoms with Crippen molar-refractivity contribution in [2.75, 3.05) is 69.9 Å². The molecule has 52 heavy (non-hydrogen) atoms. The Labute approximate surface area is 306 Å². The lowest BCUT2D eigenvalue weighted by Crippen LogP contribution is -2.65. The van der Waals surface area contributed by atoms with Gasteiger partial charge in [0.05, 0.1) is 38.8 Å². The average Bonchev–Trinajstić information content (AvgIpc) is 3.06. The van der Waals surface area contributed by atoms with E-state index in [9.17, 15) is 18.8 Å². The Kier molecular flexibility index (Phi) is 12.8. The predicted octanol–water partition coefficient (Wildman–Crippen LogP) is 4.32. The molecule has 2 saturated heterocycles. The number of morpholine rings is 1. The maximum absolute atomic E-state index is 14.5. The first-order chi connectivity index (χ1) is 24.6. The second-order valence-electron chi connectivity index (χ2n) is 15.3. The number of hydrogen-bond donors (Lipinski definition) is 1. The van der Waals surface area contributed by atoms with Crippen LogP contribution in [-0.2, 0) is 30.2 Å². The molecule has 5 rings (SSSR count). The zero-order valence-corrected chi connectivity index (χ0v) is 31.8. The van der Waals surface area contributed by atoms with Gasteiger partial charge in [-0.2, -0.15) is 4.98 Å². The Bertz CT molecular complexity index is 1560. The molecule has 14 heteroatoms. The third-order valence-corrected chi connectivity index (χ3v) is 9.77. The van der Waals surface area contributed by atoms with Crippen molar-refractivity contribution >= 4 is 29.4 Å². The van der Waals surface area contributed by atoms with Gasteiger partial charge in [-0.1, -0.05) is 12.1 Å². The molecule has 1 aromatic heterocycles. The van der Waals surface area contributed by atoms with E-state index in [-0.39, 0.29) is 86.0 Å².